The summed E-state index contributed by atoms with van der Waals surface area (Å²) in [4.78, 5) is 13.9. The summed E-state index contributed by atoms with van der Waals surface area (Å²) in [6.45, 7) is 4.28. The third-order valence-corrected chi connectivity index (χ3v) is 5.95. The molecule has 8 heteroatoms. The van der Waals surface area contributed by atoms with E-state index in [0.29, 0.717) is 13.1 Å². The molecule has 0 spiro atoms. The van der Waals surface area contributed by atoms with Crippen LogP contribution in [0, 0.1) is 12.7 Å². The standard InChI is InChI=1S/C14H19FN2O3S2/c1-10-9-12(3-4-13(10)15)22(19,20)16-11(2)14(18)17-5-7-21-8-6-17/h3-4,9,11,16H,5-8H2,1-2H3/t11-/m1/s1. The monoisotopic (exact) mass is 346 g/mol. The highest BCUT2D eigenvalue weighted by Crippen LogP contribution is 2.15. The molecule has 2 rings (SSSR count). The lowest BCUT2D eigenvalue weighted by Crippen LogP contribution is -2.49. The number of rotatable bonds is 4. The average molecular weight is 346 g/mol. The summed E-state index contributed by atoms with van der Waals surface area (Å²) < 4.78 is 40.2. The van der Waals surface area contributed by atoms with Crippen molar-refractivity contribution in [1.82, 2.24) is 9.62 Å². The molecule has 0 aliphatic carbocycles. The lowest BCUT2D eigenvalue weighted by molar-refractivity contribution is -0.132. The molecule has 1 heterocycles. The number of sulfonamides is 1. The van der Waals surface area contributed by atoms with Crippen molar-refractivity contribution in [2.45, 2.75) is 24.8 Å². The smallest absolute Gasteiger partial charge is 0.241 e. The summed E-state index contributed by atoms with van der Waals surface area (Å²) in [5, 5.41) is 0. The van der Waals surface area contributed by atoms with E-state index in [9.17, 15) is 17.6 Å². The average Bonchev–Trinajstić information content (AvgIpc) is 2.49. The van der Waals surface area contributed by atoms with Gasteiger partial charge >= 0.3 is 0 Å². The molecule has 0 aromatic heterocycles. The van der Waals surface area contributed by atoms with Crippen LogP contribution in [0.1, 0.15) is 12.5 Å². The molecule has 5 nitrogen and oxygen atoms in total. The third-order valence-electron chi connectivity index (χ3n) is 3.46. The number of nitrogens with zero attached hydrogens (tertiary/aromatic N) is 1. The number of nitrogens with one attached hydrogen (secondary N) is 1. The van der Waals surface area contributed by atoms with Crippen molar-refractivity contribution in [3.63, 3.8) is 0 Å². The summed E-state index contributed by atoms with van der Waals surface area (Å²) in [5.41, 5.74) is 0.245. The van der Waals surface area contributed by atoms with Crippen molar-refractivity contribution in [3.8, 4) is 0 Å². The Morgan fingerprint density at radius 1 is 1.36 bits per heavy atom. The first-order valence-electron chi connectivity index (χ1n) is 6.96. The van der Waals surface area contributed by atoms with Crippen LogP contribution in [0.2, 0.25) is 0 Å². The molecule has 1 fully saturated rings. The predicted octanol–water partition coefficient (Wildman–Crippen LogP) is 1.38. The molecule has 1 aromatic rings. The predicted molar refractivity (Wildman–Crippen MR) is 84.8 cm³/mol. The minimum Gasteiger partial charge on any atom is -0.340 e. The van der Waals surface area contributed by atoms with Gasteiger partial charge in [-0.05, 0) is 37.6 Å². The van der Waals surface area contributed by atoms with E-state index in [1.54, 1.807) is 16.7 Å². The van der Waals surface area contributed by atoms with Crippen molar-refractivity contribution < 1.29 is 17.6 Å². The number of halogens is 1. The van der Waals surface area contributed by atoms with E-state index in [1.165, 1.54) is 26.0 Å². The van der Waals surface area contributed by atoms with Gasteiger partial charge in [0.25, 0.3) is 0 Å². The van der Waals surface area contributed by atoms with Gasteiger partial charge in [0, 0.05) is 24.6 Å². The second kappa shape index (κ2) is 6.97. The van der Waals surface area contributed by atoms with E-state index in [2.05, 4.69) is 4.72 Å². The molecule has 1 N–H and O–H groups in total. The lowest BCUT2D eigenvalue weighted by Gasteiger charge is -2.29. The number of thioether (sulfide) groups is 1. The highest BCUT2D eigenvalue weighted by Gasteiger charge is 2.27. The second-order valence-electron chi connectivity index (χ2n) is 5.19. The number of aryl methyl sites for hydroxylation is 1. The Morgan fingerprint density at radius 3 is 2.59 bits per heavy atom. The molecular weight excluding hydrogens is 327 g/mol. The van der Waals surface area contributed by atoms with Crippen LogP contribution in [0.25, 0.3) is 0 Å². The minimum absolute atomic E-state index is 0.0414. The molecule has 1 saturated heterocycles. The van der Waals surface area contributed by atoms with Crippen LogP contribution in [0.4, 0.5) is 4.39 Å². The van der Waals surface area contributed by atoms with E-state index in [0.717, 1.165) is 17.6 Å². The number of carbonyl (C=O) groups is 1. The van der Waals surface area contributed by atoms with E-state index in [4.69, 9.17) is 0 Å². The first-order chi connectivity index (χ1) is 10.3. The molecule has 0 saturated carbocycles. The van der Waals surface area contributed by atoms with E-state index in [-0.39, 0.29) is 16.4 Å². The van der Waals surface area contributed by atoms with Crippen LogP contribution in [0.5, 0.6) is 0 Å². The molecule has 0 unspecified atom stereocenters. The Balaban J connectivity index is 2.10. The molecule has 1 aliphatic rings. The zero-order chi connectivity index (χ0) is 16.3. The van der Waals surface area contributed by atoms with Gasteiger partial charge in [-0.25, -0.2) is 12.8 Å². The normalized spacial score (nSPS) is 17.3. The number of amides is 1. The van der Waals surface area contributed by atoms with Gasteiger partial charge in [-0.3, -0.25) is 4.79 Å². The summed E-state index contributed by atoms with van der Waals surface area (Å²) in [5.74, 6) is 1.03. The van der Waals surface area contributed by atoms with Crippen LogP contribution in [0.15, 0.2) is 23.1 Å². The maximum absolute atomic E-state index is 13.2. The molecule has 1 atom stereocenters. The number of hydrogen-bond acceptors (Lipinski definition) is 4. The van der Waals surface area contributed by atoms with E-state index in [1.807, 2.05) is 0 Å². The van der Waals surface area contributed by atoms with Gasteiger partial charge in [-0.15, -0.1) is 0 Å². The Labute approximate surface area is 134 Å². The molecule has 0 bridgehead atoms. The Morgan fingerprint density at radius 2 is 2.00 bits per heavy atom. The summed E-state index contributed by atoms with van der Waals surface area (Å²) in [6, 6.07) is 2.71. The van der Waals surface area contributed by atoms with Gasteiger partial charge in [0.1, 0.15) is 5.82 Å². The third kappa shape index (κ3) is 3.99. The Hall–Kier alpha value is -1.12. The highest BCUT2D eigenvalue weighted by molar-refractivity contribution is 7.99. The largest absolute Gasteiger partial charge is 0.340 e. The number of hydrogen-bond donors (Lipinski definition) is 1. The first-order valence-corrected chi connectivity index (χ1v) is 9.60. The summed E-state index contributed by atoms with van der Waals surface area (Å²) in [6.07, 6.45) is 0. The quantitative estimate of drug-likeness (QED) is 0.894. The van der Waals surface area contributed by atoms with Gasteiger partial charge in [-0.2, -0.15) is 16.5 Å². The fourth-order valence-electron chi connectivity index (χ4n) is 2.19. The summed E-state index contributed by atoms with van der Waals surface area (Å²) in [7, 11) is -3.85. The molecule has 1 amide bonds. The lowest BCUT2D eigenvalue weighted by atomic mass is 10.2. The number of carbonyl (C=O) groups excluding carboxylic acids is 1. The van der Waals surface area contributed by atoms with Crippen molar-refractivity contribution >= 4 is 27.7 Å². The molecule has 122 valence electrons. The van der Waals surface area contributed by atoms with Crippen molar-refractivity contribution in [1.29, 1.82) is 0 Å². The van der Waals surface area contributed by atoms with Crippen molar-refractivity contribution in [2.75, 3.05) is 24.6 Å². The molecule has 1 aliphatic heterocycles. The van der Waals surface area contributed by atoms with E-state index >= 15 is 0 Å². The SMILES string of the molecule is Cc1cc(S(=O)(=O)N[C@H](C)C(=O)N2CCSCC2)ccc1F. The minimum atomic E-state index is -3.85. The van der Waals surface area contributed by atoms with Gasteiger partial charge in [0.05, 0.1) is 10.9 Å². The fraction of sp³-hybridized carbons (Fsp3) is 0.500. The van der Waals surface area contributed by atoms with Crippen LogP contribution in [-0.4, -0.2) is 49.9 Å². The summed E-state index contributed by atoms with van der Waals surface area (Å²) >= 11 is 1.77. The van der Waals surface area contributed by atoms with E-state index < -0.39 is 21.9 Å². The van der Waals surface area contributed by atoms with Gasteiger partial charge in [0.2, 0.25) is 15.9 Å². The van der Waals surface area contributed by atoms with Crippen LogP contribution in [-0.2, 0) is 14.8 Å². The number of benzene rings is 1. The Bertz CT molecular complexity index is 658. The van der Waals surface area contributed by atoms with Gasteiger partial charge < -0.3 is 4.90 Å². The maximum atomic E-state index is 13.2. The fourth-order valence-corrected chi connectivity index (χ4v) is 4.38. The highest BCUT2D eigenvalue weighted by atomic mass is 32.2. The zero-order valence-electron chi connectivity index (χ0n) is 12.5. The van der Waals surface area contributed by atoms with Crippen LogP contribution < -0.4 is 4.72 Å². The van der Waals surface area contributed by atoms with Gasteiger partial charge in [-0.1, -0.05) is 0 Å². The van der Waals surface area contributed by atoms with Crippen molar-refractivity contribution in [3.05, 3.63) is 29.6 Å². The van der Waals surface area contributed by atoms with Gasteiger partial charge in [0.15, 0.2) is 0 Å². The topological polar surface area (TPSA) is 66.5 Å². The molecule has 1 aromatic carbocycles. The molecule has 0 radical (unpaired) electrons. The Kier molecular flexibility index (Phi) is 5.46. The first kappa shape index (κ1) is 17.2. The second-order valence-corrected chi connectivity index (χ2v) is 8.13. The maximum Gasteiger partial charge on any atom is 0.241 e. The molecule has 22 heavy (non-hydrogen) atoms. The van der Waals surface area contributed by atoms with Crippen LogP contribution in [0.3, 0.4) is 0 Å². The molecular formula is C14H19FN2O3S2. The zero-order valence-corrected chi connectivity index (χ0v) is 14.1. The van der Waals surface area contributed by atoms with Crippen molar-refractivity contribution in [2.24, 2.45) is 0 Å². The van der Waals surface area contributed by atoms with Crippen LogP contribution >= 0.6 is 11.8 Å².